The third-order valence-electron chi connectivity index (χ3n) is 4.86. The van der Waals surface area contributed by atoms with Crippen molar-refractivity contribution in [3.05, 3.63) is 91.1 Å². The summed E-state index contributed by atoms with van der Waals surface area (Å²) in [5.74, 6) is 0.0379. The van der Waals surface area contributed by atoms with Crippen LogP contribution >= 0.6 is 34.5 Å². The summed E-state index contributed by atoms with van der Waals surface area (Å²) in [6.45, 7) is 2.64. The van der Waals surface area contributed by atoms with E-state index in [1.807, 2.05) is 48.2 Å². The van der Waals surface area contributed by atoms with Crippen LogP contribution in [0, 0.1) is 6.92 Å². The zero-order valence-electron chi connectivity index (χ0n) is 14.2. The van der Waals surface area contributed by atoms with E-state index in [1.165, 1.54) is 4.88 Å². The fourth-order valence-electron chi connectivity index (χ4n) is 3.56. The molecule has 1 aliphatic heterocycles. The lowest BCUT2D eigenvalue weighted by atomic mass is 9.92. The van der Waals surface area contributed by atoms with E-state index in [2.05, 4.69) is 11.4 Å². The summed E-state index contributed by atoms with van der Waals surface area (Å²) < 4.78 is 0. The van der Waals surface area contributed by atoms with Crippen LogP contribution in [0.3, 0.4) is 0 Å². The van der Waals surface area contributed by atoms with Gasteiger partial charge in [0.05, 0.1) is 6.04 Å². The average Bonchev–Trinajstić information content (AvgIpc) is 3.10. The highest BCUT2D eigenvalue weighted by Gasteiger charge is 2.34. The van der Waals surface area contributed by atoms with E-state index in [1.54, 1.807) is 17.4 Å². The van der Waals surface area contributed by atoms with Crippen LogP contribution in [0.25, 0.3) is 0 Å². The lowest BCUT2D eigenvalue weighted by Crippen LogP contribution is -2.40. The van der Waals surface area contributed by atoms with Gasteiger partial charge in [0, 0.05) is 27.0 Å². The lowest BCUT2D eigenvalue weighted by Gasteiger charge is -2.37. The van der Waals surface area contributed by atoms with Gasteiger partial charge in [-0.25, -0.2) is 0 Å². The highest BCUT2D eigenvalue weighted by Crippen LogP contribution is 2.41. The first-order valence-corrected chi connectivity index (χ1v) is 10.1. The Labute approximate surface area is 167 Å². The van der Waals surface area contributed by atoms with Crippen molar-refractivity contribution in [2.45, 2.75) is 19.4 Å². The summed E-state index contributed by atoms with van der Waals surface area (Å²) in [5.41, 5.74) is 3.79. The molecular weight excluding hydrogens is 385 g/mol. The fraction of sp³-hybridized carbons (Fsp3) is 0.190. The summed E-state index contributed by atoms with van der Waals surface area (Å²) in [6, 6.07) is 15.1. The van der Waals surface area contributed by atoms with E-state index in [0.29, 0.717) is 16.6 Å². The molecule has 5 heteroatoms. The van der Waals surface area contributed by atoms with Crippen LogP contribution in [0.4, 0.5) is 0 Å². The predicted molar refractivity (Wildman–Crippen MR) is 109 cm³/mol. The normalized spacial score (nSPS) is 16.4. The van der Waals surface area contributed by atoms with Gasteiger partial charge in [-0.05, 0) is 59.7 Å². The molecule has 132 valence electrons. The number of fused-ring (bicyclic) bond motifs is 1. The van der Waals surface area contributed by atoms with Gasteiger partial charge in [-0.2, -0.15) is 0 Å². The Morgan fingerprint density at radius 3 is 2.69 bits per heavy atom. The van der Waals surface area contributed by atoms with Crippen molar-refractivity contribution in [3.63, 3.8) is 0 Å². The van der Waals surface area contributed by atoms with Crippen molar-refractivity contribution < 1.29 is 4.79 Å². The Hall–Kier alpha value is -1.81. The standard InChI is InChI=1S/C21H17Cl2NOS/c1-13-4-2-3-5-15(13)21(25)24-10-8-19-17(9-11-26-19)20(24)16-7-6-14(22)12-18(16)23/h2-7,9,11-12,20H,8,10H2,1H3. The van der Waals surface area contributed by atoms with Crippen LogP contribution in [0.2, 0.25) is 10.0 Å². The molecule has 26 heavy (non-hydrogen) atoms. The zero-order valence-corrected chi connectivity index (χ0v) is 16.5. The topological polar surface area (TPSA) is 20.3 Å². The second-order valence-corrected chi connectivity index (χ2v) is 8.28. The van der Waals surface area contributed by atoms with Gasteiger partial charge >= 0.3 is 0 Å². The molecule has 0 fully saturated rings. The van der Waals surface area contributed by atoms with Gasteiger partial charge in [0.2, 0.25) is 0 Å². The maximum atomic E-state index is 13.4. The highest BCUT2D eigenvalue weighted by molar-refractivity contribution is 7.10. The number of nitrogens with zero attached hydrogens (tertiary/aromatic N) is 1. The minimum absolute atomic E-state index is 0.0379. The maximum absolute atomic E-state index is 13.4. The molecule has 0 spiro atoms. The predicted octanol–water partition coefficient (Wildman–Crippen LogP) is 6.15. The van der Waals surface area contributed by atoms with Crippen molar-refractivity contribution in [2.75, 3.05) is 6.54 Å². The molecule has 2 nitrogen and oxygen atoms in total. The molecule has 1 aromatic heterocycles. The smallest absolute Gasteiger partial charge is 0.254 e. The Morgan fingerprint density at radius 1 is 1.12 bits per heavy atom. The quantitative estimate of drug-likeness (QED) is 0.503. The lowest BCUT2D eigenvalue weighted by molar-refractivity contribution is 0.0695. The van der Waals surface area contributed by atoms with Crippen molar-refractivity contribution in [1.29, 1.82) is 0 Å². The van der Waals surface area contributed by atoms with Crippen molar-refractivity contribution >= 4 is 40.4 Å². The molecule has 0 aliphatic carbocycles. The van der Waals surface area contributed by atoms with Gasteiger partial charge in [-0.1, -0.05) is 47.5 Å². The SMILES string of the molecule is Cc1ccccc1C(=O)N1CCc2sccc2C1c1ccc(Cl)cc1Cl. The van der Waals surface area contributed by atoms with Crippen molar-refractivity contribution in [1.82, 2.24) is 4.90 Å². The number of thiophene rings is 1. The molecule has 2 heterocycles. The minimum Gasteiger partial charge on any atom is -0.327 e. The summed E-state index contributed by atoms with van der Waals surface area (Å²) in [6.07, 6.45) is 0.867. The second-order valence-electron chi connectivity index (χ2n) is 6.43. The zero-order chi connectivity index (χ0) is 18.3. The summed E-state index contributed by atoms with van der Waals surface area (Å²) in [5, 5.41) is 3.27. The minimum atomic E-state index is -0.193. The summed E-state index contributed by atoms with van der Waals surface area (Å²) in [4.78, 5) is 16.6. The molecule has 1 atom stereocenters. The molecule has 0 N–H and O–H groups in total. The molecule has 0 saturated heterocycles. The molecular formula is C21H17Cl2NOS. The van der Waals surface area contributed by atoms with Crippen LogP contribution < -0.4 is 0 Å². The number of halogens is 2. The van der Waals surface area contributed by atoms with Crippen molar-refractivity contribution in [2.24, 2.45) is 0 Å². The van der Waals surface area contributed by atoms with Crippen LogP contribution in [-0.4, -0.2) is 17.4 Å². The van der Waals surface area contributed by atoms with Crippen LogP contribution in [0.15, 0.2) is 53.9 Å². The summed E-state index contributed by atoms with van der Waals surface area (Å²) in [7, 11) is 0. The number of carbonyl (C=O) groups excluding carboxylic acids is 1. The summed E-state index contributed by atoms with van der Waals surface area (Å²) >= 11 is 14.4. The number of rotatable bonds is 2. The van der Waals surface area contributed by atoms with Gasteiger partial charge in [0.25, 0.3) is 5.91 Å². The molecule has 0 bridgehead atoms. The van der Waals surface area contributed by atoms with Gasteiger partial charge in [0.1, 0.15) is 0 Å². The monoisotopic (exact) mass is 401 g/mol. The van der Waals surface area contributed by atoms with Gasteiger partial charge < -0.3 is 4.90 Å². The number of aryl methyl sites for hydroxylation is 1. The maximum Gasteiger partial charge on any atom is 0.254 e. The van der Waals surface area contributed by atoms with Crippen LogP contribution in [-0.2, 0) is 6.42 Å². The van der Waals surface area contributed by atoms with E-state index >= 15 is 0 Å². The van der Waals surface area contributed by atoms with Crippen molar-refractivity contribution in [3.8, 4) is 0 Å². The first-order valence-electron chi connectivity index (χ1n) is 8.44. The molecule has 1 amide bonds. The Morgan fingerprint density at radius 2 is 1.92 bits per heavy atom. The third-order valence-corrected chi connectivity index (χ3v) is 6.42. The molecule has 1 aliphatic rings. The second kappa shape index (κ2) is 7.07. The number of hydrogen-bond acceptors (Lipinski definition) is 2. The van der Waals surface area contributed by atoms with Crippen LogP contribution in [0.5, 0.6) is 0 Å². The van der Waals surface area contributed by atoms with Crippen LogP contribution in [0.1, 0.15) is 38.0 Å². The molecule has 0 radical (unpaired) electrons. The molecule has 2 aromatic carbocycles. The third kappa shape index (κ3) is 3.05. The number of benzene rings is 2. The fourth-order valence-corrected chi connectivity index (χ4v) is 4.98. The van der Waals surface area contributed by atoms with E-state index < -0.39 is 0 Å². The molecule has 4 rings (SSSR count). The average molecular weight is 402 g/mol. The van der Waals surface area contributed by atoms with Gasteiger partial charge in [-0.3, -0.25) is 4.79 Å². The van der Waals surface area contributed by atoms with E-state index in [-0.39, 0.29) is 11.9 Å². The van der Waals surface area contributed by atoms with E-state index in [4.69, 9.17) is 23.2 Å². The first-order chi connectivity index (χ1) is 12.6. The Kier molecular flexibility index (Phi) is 4.78. The number of carbonyl (C=O) groups is 1. The molecule has 0 saturated carbocycles. The Balaban J connectivity index is 1.83. The van der Waals surface area contributed by atoms with Gasteiger partial charge in [0.15, 0.2) is 0 Å². The number of amides is 1. The van der Waals surface area contributed by atoms with Gasteiger partial charge in [-0.15, -0.1) is 11.3 Å². The highest BCUT2D eigenvalue weighted by atomic mass is 35.5. The van der Waals surface area contributed by atoms with E-state index in [9.17, 15) is 4.79 Å². The largest absolute Gasteiger partial charge is 0.327 e. The molecule has 3 aromatic rings. The Bertz CT molecular complexity index is 982. The number of hydrogen-bond donors (Lipinski definition) is 0. The van der Waals surface area contributed by atoms with E-state index in [0.717, 1.165) is 28.7 Å². The molecule has 1 unspecified atom stereocenters. The first kappa shape index (κ1) is 17.6.